The van der Waals surface area contributed by atoms with Gasteiger partial charge in [0.15, 0.2) is 0 Å². The third-order valence-electron chi connectivity index (χ3n) is 2.44. The van der Waals surface area contributed by atoms with E-state index in [2.05, 4.69) is 10.5 Å². The molecule has 1 aliphatic rings. The summed E-state index contributed by atoms with van der Waals surface area (Å²) in [6, 6.07) is 9.77. The Bertz CT molecular complexity index is 370. The summed E-state index contributed by atoms with van der Waals surface area (Å²) in [4.78, 5) is 11.2. The van der Waals surface area contributed by atoms with Gasteiger partial charge in [0.05, 0.1) is 5.69 Å². The summed E-state index contributed by atoms with van der Waals surface area (Å²) in [6.07, 6.45) is 3.10. The van der Waals surface area contributed by atoms with Crippen LogP contribution in [0.2, 0.25) is 0 Å². The molecule has 1 aromatic carbocycles. The molecule has 1 N–H and O–H groups in total. The molecule has 1 fully saturated rings. The lowest BCUT2D eigenvalue weighted by Gasteiger charge is -2.11. The van der Waals surface area contributed by atoms with E-state index in [1.165, 1.54) is 0 Å². The highest BCUT2D eigenvalue weighted by Crippen LogP contribution is 2.13. The summed E-state index contributed by atoms with van der Waals surface area (Å²) in [7, 11) is 0. The molecule has 15 heavy (non-hydrogen) atoms. The molecule has 0 aromatic heterocycles. The van der Waals surface area contributed by atoms with Crippen LogP contribution >= 0.6 is 0 Å². The largest absolute Gasteiger partial charge is 0.299 e. The van der Waals surface area contributed by atoms with E-state index in [-0.39, 0.29) is 0 Å². The number of carbonyl (C=O) groups is 1. The fraction of sp³-hybridized carbons (Fsp3) is 0.333. The van der Waals surface area contributed by atoms with Gasteiger partial charge in [-0.1, -0.05) is 18.2 Å². The number of rotatable bonds is 2. The number of hydrazone groups is 1. The maximum atomic E-state index is 11.2. The van der Waals surface area contributed by atoms with E-state index in [0.717, 1.165) is 24.2 Å². The summed E-state index contributed by atoms with van der Waals surface area (Å²) >= 11 is 0. The molecular weight excluding hydrogens is 188 g/mol. The number of ketones is 1. The van der Waals surface area contributed by atoms with Gasteiger partial charge in [-0.3, -0.25) is 10.2 Å². The Morgan fingerprint density at radius 1 is 1.13 bits per heavy atom. The lowest BCUT2D eigenvalue weighted by atomic mass is 9.97. The average Bonchev–Trinajstić information content (AvgIpc) is 2.28. The lowest BCUT2D eigenvalue weighted by Crippen LogP contribution is -2.15. The Kier molecular flexibility index (Phi) is 3.12. The molecule has 1 aromatic rings. The molecule has 0 unspecified atom stereocenters. The van der Waals surface area contributed by atoms with Gasteiger partial charge in [-0.25, -0.2) is 0 Å². The quantitative estimate of drug-likeness (QED) is 0.749. The molecule has 0 amide bonds. The Balaban J connectivity index is 1.96. The van der Waals surface area contributed by atoms with Gasteiger partial charge >= 0.3 is 0 Å². The number of nitrogens with zero attached hydrogens (tertiary/aromatic N) is 1. The number of hydrogen-bond donors (Lipinski definition) is 1. The molecule has 1 aliphatic carbocycles. The van der Waals surface area contributed by atoms with Crippen molar-refractivity contribution in [1.29, 1.82) is 0 Å². The second-order valence-corrected chi connectivity index (χ2v) is 3.72. The van der Waals surface area contributed by atoms with E-state index in [9.17, 15) is 4.79 Å². The van der Waals surface area contributed by atoms with Crippen LogP contribution in [-0.2, 0) is 4.79 Å². The van der Waals surface area contributed by atoms with Crippen molar-refractivity contribution < 1.29 is 4.79 Å². The molecule has 1 saturated carbocycles. The zero-order chi connectivity index (χ0) is 10.5. The molecule has 0 saturated heterocycles. The fourth-order valence-corrected chi connectivity index (χ4v) is 1.65. The molecular formula is C12H14N2O. The first kappa shape index (κ1) is 9.90. The van der Waals surface area contributed by atoms with E-state index in [1.54, 1.807) is 0 Å². The predicted octanol–water partition coefficient (Wildman–Crippen LogP) is 2.60. The Morgan fingerprint density at radius 2 is 1.93 bits per heavy atom. The van der Waals surface area contributed by atoms with Crippen LogP contribution in [0.1, 0.15) is 25.7 Å². The SMILES string of the molecule is O=C1CCCC(=NNc2ccccc2)C1. The van der Waals surface area contributed by atoms with Gasteiger partial charge in [-0.2, -0.15) is 5.10 Å². The lowest BCUT2D eigenvalue weighted by molar-refractivity contribution is -0.118. The molecule has 0 heterocycles. The van der Waals surface area contributed by atoms with Crippen molar-refractivity contribution in [2.45, 2.75) is 25.7 Å². The molecule has 78 valence electrons. The van der Waals surface area contributed by atoms with Gasteiger partial charge in [-0.05, 0) is 25.0 Å². The first-order valence-corrected chi connectivity index (χ1v) is 5.23. The first-order valence-electron chi connectivity index (χ1n) is 5.23. The summed E-state index contributed by atoms with van der Waals surface area (Å²) in [5.41, 5.74) is 4.90. The van der Waals surface area contributed by atoms with Crippen molar-refractivity contribution in [2.75, 3.05) is 5.43 Å². The highest BCUT2D eigenvalue weighted by Gasteiger charge is 2.13. The van der Waals surface area contributed by atoms with Crippen LogP contribution in [0.4, 0.5) is 5.69 Å². The van der Waals surface area contributed by atoms with E-state index in [4.69, 9.17) is 0 Å². The number of para-hydroxylation sites is 1. The summed E-state index contributed by atoms with van der Waals surface area (Å²) < 4.78 is 0. The third kappa shape index (κ3) is 2.91. The number of anilines is 1. The maximum Gasteiger partial charge on any atom is 0.138 e. The molecule has 0 atom stereocenters. The molecule has 0 spiro atoms. The topological polar surface area (TPSA) is 41.5 Å². The number of benzene rings is 1. The molecule has 0 aliphatic heterocycles. The number of carbonyl (C=O) groups excluding carboxylic acids is 1. The van der Waals surface area contributed by atoms with Gasteiger partial charge < -0.3 is 0 Å². The smallest absolute Gasteiger partial charge is 0.138 e. The molecule has 0 radical (unpaired) electrons. The molecule has 2 rings (SSSR count). The third-order valence-corrected chi connectivity index (χ3v) is 2.44. The first-order chi connectivity index (χ1) is 7.34. The zero-order valence-electron chi connectivity index (χ0n) is 8.57. The second-order valence-electron chi connectivity index (χ2n) is 3.72. The highest BCUT2D eigenvalue weighted by molar-refractivity contribution is 6.04. The van der Waals surface area contributed by atoms with Crippen molar-refractivity contribution in [3.8, 4) is 0 Å². The summed E-state index contributed by atoms with van der Waals surface area (Å²) in [6.45, 7) is 0. The van der Waals surface area contributed by atoms with Crippen LogP contribution in [0, 0.1) is 0 Å². The van der Waals surface area contributed by atoms with Crippen LogP contribution in [-0.4, -0.2) is 11.5 Å². The predicted molar refractivity (Wildman–Crippen MR) is 61.0 cm³/mol. The van der Waals surface area contributed by atoms with Crippen LogP contribution in [0.25, 0.3) is 0 Å². The van der Waals surface area contributed by atoms with Crippen molar-refractivity contribution in [1.82, 2.24) is 0 Å². The van der Waals surface area contributed by atoms with Crippen molar-refractivity contribution in [3.63, 3.8) is 0 Å². The molecule has 3 heteroatoms. The van der Waals surface area contributed by atoms with Crippen LogP contribution in [0.5, 0.6) is 0 Å². The normalized spacial score (nSPS) is 19.2. The average molecular weight is 202 g/mol. The Labute approximate surface area is 89.2 Å². The molecule has 0 bridgehead atoms. The van der Waals surface area contributed by atoms with Crippen LogP contribution in [0.15, 0.2) is 35.4 Å². The Hall–Kier alpha value is -1.64. The maximum absolute atomic E-state index is 11.2. The van der Waals surface area contributed by atoms with E-state index < -0.39 is 0 Å². The van der Waals surface area contributed by atoms with Gasteiger partial charge in [0.2, 0.25) is 0 Å². The van der Waals surface area contributed by atoms with E-state index in [1.807, 2.05) is 30.3 Å². The standard InChI is InChI=1S/C12H14N2O/c15-12-8-4-7-11(9-12)14-13-10-5-2-1-3-6-10/h1-3,5-6,13H,4,7-9H2. The summed E-state index contributed by atoms with van der Waals surface area (Å²) in [5.74, 6) is 0.301. The fourth-order valence-electron chi connectivity index (χ4n) is 1.65. The van der Waals surface area contributed by atoms with Gasteiger partial charge in [0.1, 0.15) is 5.78 Å². The minimum Gasteiger partial charge on any atom is -0.299 e. The van der Waals surface area contributed by atoms with Crippen molar-refractivity contribution in [2.24, 2.45) is 5.10 Å². The number of Topliss-reactive ketones (excluding diaryl/α,β-unsaturated/α-hetero) is 1. The van der Waals surface area contributed by atoms with E-state index in [0.29, 0.717) is 18.6 Å². The number of hydrogen-bond acceptors (Lipinski definition) is 3. The number of nitrogens with one attached hydrogen (secondary N) is 1. The highest BCUT2D eigenvalue weighted by atomic mass is 16.1. The minimum absolute atomic E-state index is 0.301. The Morgan fingerprint density at radius 3 is 2.67 bits per heavy atom. The summed E-state index contributed by atoms with van der Waals surface area (Å²) in [5, 5.41) is 4.25. The van der Waals surface area contributed by atoms with Crippen LogP contribution in [0.3, 0.4) is 0 Å². The zero-order valence-corrected chi connectivity index (χ0v) is 8.57. The van der Waals surface area contributed by atoms with Crippen LogP contribution < -0.4 is 5.43 Å². The monoisotopic (exact) mass is 202 g/mol. The van der Waals surface area contributed by atoms with Gasteiger partial charge in [0.25, 0.3) is 0 Å². The van der Waals surface area contributed by atoms with Gasteiger partial charge in [-0.15, -0.1) is 0 Å². The van der Waals surface area contributed by atoms with Crippen molar-refractivity contribution >= 4 is 17.2 Å². The van der Waals surface area contributed by atoms with Gasteiger partial charge in [0, 0.05) is 18.6 Å². The minimum atomic E-state index is 0.301. The van der Waals surface area contributed by atoms with E-state index >= 15 is 0 Å². The second kappa shape index (κ2) is 4.73. The van der Waals surface area contributed by atoms with Crippen molar-refractivity contribution in [3.05, 3.63) is 30.3 Å². The molecule has 3 nitrogen and oxygen atoms in total.